The van der Waals surface area contributed by atoms with Crippen molar-refractivity contribution >= 4 is 17.7 Å². The van der Waals surface area contributed by atoms with Crippen molar-refractivity contribution in [3.63, 3.8) is 0 Å². The van der Waals surface area contributed by atoms with Gasteiger partial charge in [-0.05, 0) is 41.5 Å². The number of hydrogen-bond acceptors (Lipinski definition) is 5. The van der Waals surface area contributed by atoms with Crippen LogP contribution in [0.15, 0.2) is 78.4 Å². The summed E-state index contributed by atoms with van der Waals surface area (Å²) in [5, 5.41) is 12.2. The van der Waals surface area contributed by atoms with Crippen molar-refractivity contribution in [2.24, 2.45) is 0 Å². The van der Waals surface area contributed by atoms with E-state index in [2.05, 4.69) is 5.32 Å². The van der Waals surface area contributed by atoms with E-state index in [4.69, 9.17) is 14.2 Å². The van der Waals surface area contributed by atoms with Crippen LogP contribution in [0.4, 0.5) is 5.69 Å². The van der Waals surface area contributed by atoms with Gasteiger partial charge in [-0.1, -0.05) is 42.5 Å². The molecule has 0 aliphatic rings. The van der Waals surface area contributed by atoms with Crippen molar-refractivity contribution in [1.82, 2.24) is 0 Å². The van der Waals surface area contributed by atoms with Crippen LogP contribution in [-0.2, 0) is 11.4 Å². The molecule has 3 aromatic rings. The Balaban J connectivity index is 1.79. The third-order valence-corrected chi connectivity index (χ3v) is 4.43. The molecular weight excluding hydrogens is 392 g/mol. The number of carbonyl (C=O) groups excluding carboxylic acids is 1. The third kappa shape index (κ3) is 5.87. The van der Waals surface area contributed by atoms with E-state index in [0.717, 1.165) is 5.56 Å². The summed E-state index contributed by atoms with van der Waals surface area (Å²) >= 11 is 0. The van der Waals surface area contributed by atoms with Gasteiger partial charge in [-0.25, -0.2) is 0 Å². The second kappa shape index (κ2) is 10.5. The Hall–Kier alpha value is -4.24. The minimum absolute atomic E-state index is 0.0398. The van der Waals surface area contributed by atoms with Gasteiger partial charge in [0.25, 0.3) is 5.91 Å². The highest BCUT2D eigenvalue weighted by Gasteiger charge is 2.12. The molecule has 0 aliphatic carbocycles. The SMILES string of the molecule is COc1cccc(NC(=O)/C(C#N)=C\c2ccc(OC)c(OCc3ccccc3)c2)c1. The fourth-order valence-electron chi connectivity index (χ4n) is 2.85. The zero-order chi connectivity index (χ0) is 22.1. The summed E-state index contributed by atoms with van der Waals surface area (Å²) in [6.07, 6.45) is 1.50. The predicted molar refractivity (Wildman–Crippen MR) is 119 cm³/mol. The summed E-state index contributed by atoms with van der Waals surface area (Å²) in [6, 6.07) is 23.8. The average Bonchev–Trinajstić information content (AvgIpc) is 2.82. The third-order valence-electron chi connectivity index (χ3n) is 4.43. The molecular formula is C25H22N2O4. The normalized spacial score (nSPS) is 10.7. The minimum Gasteiger partial charge on any atom is -0.497 e. The first-order valence-corrected chi connectivity index (χ1v) is 9.55. The summed E-state index contributed by atoms with van der Waals surface area (Å²) in [5.41, 5.74) is 2.15. The van der Waals surface area contributed by atoms with E-state index in [-0.39, 0.29) is 5.57 Å². The van der Waals surface area contributed by atoms with Crippen LogP contribution in [0.2, 0.25) is 0 Å². The van der Waals surface area contributed by atoms with E-state index in [0.29, 0.717) is 35.1 Å². The lowest BCUT2D eigenvalue weighted by Gasteiger charge is -2.12. The first kappa shape index (κ1) is 21.5. The molecule has 6 nitrogen and oxygen atoms in total. The molecule has 1 amide bonds. The topological polar surface area (TPSA) is 80.6 Å². The summed E-state index contributed by atoms with van der Waals surface area (Å²) in [4.78, 5) is 12.6. The Morgan fingerprint density at radius 3 is 2.48 bits per heavy atom. The molecule has 0 unspecified atom stereocenters. The number of nitrogens with zero attached hydrogens (tertiary/aromatic N) is 1. The van der Waals surface area contributed by atoms with Gasteiger partial charge < -0.3 is 19.5 Å². The average molecular weight is 414 g/mol. The quantitative estimate of drug-likeness (QED) is 0.422. The van der Waals surface area contributed by atoms with Gasteiger partial charge in [-0.15, -0.1) is 0 Å². The van der Waals surface area contributed by atoms with E-state index in [1.54, 1.807) is 56.7 Å². The van der Waals surface area contributed by atoms with Crippen molar-refractivity contribution in [1.29, 1.82) is 5.26 Å². The van der Waals surface area contributed by atoms with Crippen LogP contribution in [-0.4, -0.2) is 20.1 Å². The largest absolute Gasteiger partial charge is 0.497 e. The first-order valence-electron chi connectivity index (χ1n) is 9.55. The number of anilines is 1. The van der Waals surface area contributed by atoms with Gasteiger partial charge in [-0.3, -0.25) is 4.79 Å². The molecule has 0 spiro atoms. The van der Waals surface area contributed by atoms with Crippen LogP contribution in [0.5, 0.6) is 17.2 Å². The van der Waals surface area contributed by atoms with Gasteiger partial charge in [0.1, 0.15) is 24.0 Å². The molecule has 0 saturated carbocycles. The summed E-state index contributed by atoms with van der Waals surface area (Å²) in [7, 11) is 3.10. The van der Waals surface area contributed by atoms with Gasteiger partial charge in [0.2, 0.25) is 0 Å². The Morgan fingerprint density at radius 1 is 0.968 bits per heavy atom. The highest BCUT2D eigenvalue weighted by Crippen LogP contribution is 2.30. The number of methoxy groups -OCH3 is 2. The lowest BCUT2D eigenvalue weighted by molar-refractivity contribution is -0.112. The molecule has 0 atom stereocenters. The summed E-state index contributed by atoms with van der Waals surface area (Å²) in [6.45, 7) is 0.367. The molecule has 156 valence electrons. The van der Waals surface area contributed by atoms with Crippen LogP contribution >= 0.6 is 0 Å². The maximum atomic E-state index is 12.6. The van der Waals surface area contributed by atoms with Gasteiger partial charge in [0.15, 0.2) is 11.5 Å². The molecule has 0 heterocycles. The number of ether oxygens (including phenoxy) is 3. The van der Waals surface area contributed by atoms with Gasteiger partial charge >= 0.3 is 0 Å². The van der Waals surface area contributed by atoms with Gasteiger partial charge in [-0.2, -0.15) is 5.26 Å². The highest BCUT2D eigenvalue weighted by molar-refractivity contribution is 6.09. The predicted octanol–water partition coefficient (Wildman–Crippen LogP) is 4.83. The maximum Gasteiger partial charge on any atom is 0.266 e. The number of nitriles is 1. The molecule has 0 radical (unpaired) electrons. The summed E-state index contributed by atoms with van der Waals surface area (Å²) < 4.78 is 16.4. The second-order valence-corrected chi connectivity index (χ2v) is 6.54. The van der Waals surface area contributed by atoms with Gasteiger partial charge in [0, 0.05) is 11.8 Å². The van der Waals surface area contributed by atoms with Crippen molar-refractivity contribution in [2.75, 3.05) is 19.5 Å². The number of hydrogen-bond donors (Lipinski definition) is 1. The molecule has 0 aromatic heterocycles. The van der Waals surface area contributed by atoms with E-state index in [9.17, 15) is 10.1 Å². The van der Waals surface area contributed by atoms with Crippen LogP contribution in [0, 0.1) is 11.3 Å². The Bertz CT molecular complexity index is 1120. The first-order chi connectivity index (χ1) is 15.1. The number of carbonyl (C=O) groups is 1. The monoisotopic (exact) mass is 414 g/mol. The zero-order valence-corrected chi connectivity index (χ0v) is 17.3. The maximum absolute atomic E-state index is 12.6. The van der Waals surface area contributed by atoms with Crippen molar-refractivity contribution in [2.45, 2.75) is 6.61 Å². The number of benzene rings is 3. The summed E-state index contributed by atoms with van der Waals surface area (Å²) in [5.74, 6) is 1.17. The van der Waals surface area contributed by atoms with Crippen molar-refractivity contribution in [3.8, 4) is 23.3 Å². The highest BCUT2D eigenvalue weighted by atomic mass is 16.5. The minimum atomic E-state index is -0.515. The number of amides is 1. The Kier molecular flexibility index (Phi) is 7.28. The standard InChI is InChI=1S/C25H22N2O4/c1-29-22-10-6-9-21(15-22)27-25(28)20(16-26)13-19-11-12-23(30-2)24(14-19)31-17-18-7-4-3-5-8-18/h3-15H,17H2,1-2H3,(H,27,28)/b20-13-. The van der Waals surface area contributed by atoms with E-state index in [1.807, 2.05) is 36.4 Å². The molecule has 0 saturated heterocycles. The van der Waals surface area contributed by atoms with Crippen LogP contribution < -0.4 is 19.5 Å². The molecule has 31 heavy (non-hydrogen) atoms. The van der Waals surface area contributed by atoms with Crippen LogP contribution in [0.3, 0.4) is 0 Å². The molecule has 0 fully saturated rings. The van der Waals surface area contributed by atoms with E-state index >= 15 is 0 Å². The van der Waals surface area contributed by atoms with E-state index < -0.39 is 5.91 Å². The molecule has 1 N–H and O–H groups in total. The van der Waals surface area contributed by atoms with Crippen LogP contribution in [0.1, 0.15) is 11.1 Å². The Morgan fingerprint density at radius 2 is 1.77 bits per heavy atom. The smallest absolute Gasteiger partial charge is 0.266 e. The fourth-order valence-corrected chi connectivity index (χ4v) is 2.85. The van der Waals surface area contributed by atoms with Crippen molar-refractivity contribution in [3.05, 3.63) is 89.5 Å². The Labute approximate surface area is 181 Å². The fraction of sp³-hybridized carbons (Fsp3) is 0.120. The molecule has 0 aliphatic heterocycles. The molecule has 0 bridgehead atoms. The number of rotatable bonds is 8. The molecule has 6 heteroatoms. The lowest BCUT2D eigenvalue weighted by Crippen LogP contribution is -2.13. The lowest BCUT2D eigenvalue weighted by atomic mass is 10.1. The number of nitrogens with one attached hydrogen (secondary N) is 1. The van der Waals surface area contributed by atoms with Crippen LogP contribution in [0.25, 0.3) is 6.08 Å². The molecule has 3 aromatic carbocycles. The van der Waals surface area contributed by atoms with E-state index in [1.165, 1.54) is 6.08 Å². The second-order valence-electron chi connectivity index (χ2n) is 6.54. The van der Waals surface area contributed by atoms with Crippen molar-refractivity contribution < 1.29 is 19.0 Å². The van der Waals surface area contributed by atoms with Gasteiger partial charge in [0.05, 0.1) is 14.2 Å². The molecule has 3 rings (SSSR count). The zero-order valence-electron chi connectivity index (χ0n) is 17.3.